The van der Waals surface area contributed by atoms with Crippen LogP contribution in [0.1, 0.15) is 48.3 Å². The Morgan fingerprint density at radius 1 is 1.40 bits per heavy atom. The number of methoxy groups -OCH3 is 1. The molecule has 8 nitrogen and oxygen atoms in total. The standard InChI is InChI=1S/C21H31N5O3S/c1-14(2)26(11-12-29-4)21(28)18-15(3)17-19(23-13-24-20(17)30-18)22-8-6-10-25-9-5-7-16(25)27/h13-14H,5-12H2,1-4H3,(H,22,23,24). The van der Waals surface area contributed by atoms with Crippen LogP contribution in [-0.2, 0) is 9.53 Å². The number of ether oxygens (including phenoxy) is 1. The van der Waals surface area contributed by atoms with Gasteiger partial charge in [-0.05, 0) is 39.2 Å². The van der Waals surface area contributed by atoms with E-state index in [1.54, 1.807) is 7.11 Å². The molecule has 3 rings (SSSR count). The van der Waals surface area contributed by atoms with Gasteiger partial charge >= 0.3 is 0 Å². The zero-order valence-electron chi connectivity index (χ0n) is 18.2. The highest BCUT2D eigenvalue weighted by Gasteiger charge is 2.25. The van der Waals surface area contributed by atoms with Crippen LogP contribution in [0.5, 0.6) is 0 Å². The first-order chi connectivity index (χ1) is 14.4. The molecule has 30 heavy (non-hydrogen) atoms. The number of hydrogen-bond acceptors (Lipinski definition) is 7. The predicted molar refractivity (Wildman–Crippen MR) is 119 cm³/mol. The maximum atomic E-state index is 13.2. The van der Waals surface area contributed by atoms with Crippen molar-refractivity contribution in [3.8, 4) is 0 Å². The maximum absolute atomic E-state index is 13.2. The maximum Gasteiger partial charge on any atom is 0.264 e. The molecule has 0 aliphatic carbocycles. The van der Waals surface area contributed by atoms with Crippen LogP contribution in [0.2, 0.25) is 0 Å². The molecule has 2 amide bonds. The quantitative estimate of drug-likeness (QED) is 0.580. The van der Waals surface area contributed by atoms with Gasteiger partial charge in [-0.3, -0.25) is 9.59 Å². The molecule has 0 radical (unpaired) electrons. The molecule has 1 fully saturated rings. The van der Waals surface area contributed by atoms with Crippen molar-refractivity contribution in [3.63, 3.8) is 0 Å². The first-order valence-electron chi connectivity index (χ1n) is 10.5. The Bertz CT molecular complexity index is 898. The highest BCUT2D eigenvalue weighted by molar-refractivity contribution is 7.20. The van der Waals surface area contributed by atoms with E-state index in [0.29, 0.717) is 31.0 Å². The summed E-state index contributed by atoms with van der Waals surface area (Å²) in [7, 11) is 1.64. The molecular formula is C21H31N5O3S. The molecule has 0 saturated carbocycles. The minimum atomic E-state index is 0.000968. The summed E-state index contributed by atoms with van der Waals surface area (Å²) in [6.07, 6.45) is 4.01. The highest BCUT2D eigenvalue weighted by atomic mass is 32.1. The highest BCUT2D eigenvalue weighted by Crippen LogP contribution is 2.34. The van der Waals surface area contributed by atoms with Crippen molar-refractivity contribution in [1.29, 1.82) is 0 Å². The molecule has 1 aliphatic heterocycles. The van der Waals surface area contributed by atoms with Crippen LogP contribution in [0.25, 0.3) is 10.2 Å². The molecule has 9 heteroatoms. The number of likely N-dealkylation sites (tertiary alicyclic amines) is 1. The molecule has 1 aliphatic rings. The fourth-order valence-corrected chi connectivity index (χ4v) is 4.85. The number of nitrogens with one attached hydrogen (secondary N) is 1. The number of aryl methyl sites for hydroxylation is 1. The van der Waals surface area contributed by atoms with E-state index in [1.165, 1.54) is 17.7 Å². The summed E-state index contributed by atoms with van der Waals surface area (Å²) in [5.74, 6) is 0.994. The number of carbonyl (C=O) groups excluding carboxylic acids is 2. The Morgan fingerprint density at radius 2 is 2.20 bits per heavy atom. The molecule has 3 heterocycles. The largest absolute Gasteiger partial charge is 0.383 e. The predicted octanol–water partition coefficient (Wildman–Crippen LogP) is 2.92. The number of fused-ring (bicyclic) bond motifs is 1. The fourth-order valence-electron chi connectivity index (χ4n) is 3.74. The van der Waals surface area contributed by atoms with Gasteiger partial charge in [0.15, 0.2) is 0 Å². The monoisotopic (exact) mass is 433 g/mol. The van der Waals surface area contributed by atoms with Gasteiger partial charge in [-0.25, -0.2) is 9.97 Å². The number of anilines is 1. The number of amides is 2. The van der Waals surface area contributed by atoms with Crippen LogP contribution in [0.3, 0.4) is 0 Å². The number of thiophene rings is 1. The molecule has 2 aromatic rings. The fraction of sp³-hybridized carbons (Fsp3) is 0.619. The van der Waals surface area contributed by atoms with E-state index >= 15 is 0 Å². The van der Waals surface area contributed by atoms with Gasteiger partial charge in [-0.2, -0.15) is 0 Å². The van der Waals surface area contributed by atoms with E-state index in [1.807, 2.05) is 30.6 Å². The van der Waals surface area contributed by atoms with Gasteiger partial charge in [0, 0.05) is 45.8 Å². The third kappa shape index (κ3) is 4.89. The van der Waals surface area contributed by atoms with E-state index in [9.17, 15) is 9.59 Å². The number of aromatic nitrogens is 2. The van der Waals surface area contributed by atoms with E-state index in [-0.39, 0.29) is 17.9 Å². The van der Waals surface area contributed by atoms with E-state index in [0.717, 1.165) is 47.5 Å². The topological polar surface area (TPSA) is 87.7 Å². The van der Waals surface area contributed by atoms with Crippen molar-refractivity contribution < 1.29 is 14.3 Å². The first kappa shape index (κ1) is 22.4. The lowest BCUT2D eigenvalue weighted by molar-refractivity contribution is -0.127. The summed E-state index contributed by atoms with van der Waals surface area (Å²) in [5.41, 5.74) is 0.904. The van der Waals surface area contributed by atoms with Gasteiger partial charge < -0.3 is 19.9 Å². The van der Waals surface area contributed by atoms with E-state index in [4.69, 9.17) is 4.74 Å². The SMILES string of the molecule is COCCN(C(=O)c1sc2ncnc(NCCCN3CCCC3=O)c2c1C)C(C)C. The molecule has 0 bridgehead atoms. The smallest absolute Gasteiger partial charge is 0.264 e. The van der Waals surface area contributed by atoms with Crippen molar-refractivity contribution in [3.05, 3.63) is 16.8 Å². The van der Waals surface area contributed by atoms with Crippen molar-refractivity contribution in [2.45, 2.75) is 46.1 Å². The summed E-state index contributed by atoms with van der Waals surface area (Å²) in [6, 6.07) is 0.0780. The van der Waals surface area contributed by atoms with Gasteiger partial charge in [0.1, 0.15) is 17.0 Å². The molecule has 0 unspecified atom stereocenters. The summed E-state index contributed by atoms with van der Waals surface area (Å²) in [5, 5.41) is 4.28. The van der Waals surface area contributed by atoms with Crippen molar-refractivity contribution in [1.82, 2.24) is 19.8 Å². The second kappa shape index (κ2) is 10.2. The molecule has 0 spiro atoms. The van der Waals surface area contributed by atoms with E-state index in [2.05, 4.69) is 15.3 Å². The Hall–Kier alpha value is -2.26. The summed E-state index contributed by atoms with van der Waals surface area (Å²) in [6.45, 7) is 9.35. The summed E-state index contributed by atoms with van der Waals surface area (Å²) < 4.78 is 5.17. The number of nitrogens with zero attached hydrogens (tertiary/aromatic N) is 4. The lowest BCUT2D eigenvalue weighted by Gasteiger charge is -2.26. The minimum absolute atomic E-state index is 0.000968. The number of carbonyl (C=O) groups is 2. The zero-order chi connectivity index (χ0) is 21.7. The van der Waals surface area contributed by atoms with Crippen LogP contribution >= 0.6 is 11.3 Å². The Morgan fingerprint density at radius 3 is 2.87 bits per heavy atom. The molecule has 164 valence electrons. The molecule has 1 saturated heterocycles. The Labute approximate surface area is 181 Å². The Balaban J connectivity index is 1.73. The molecule has 0 aromatic carbocycles. The van der Waals surface area contributed by atoms with Crippen molar-refractivity contribution in [2.24, 2.45) is 0 Å². The van der Waals surface area contributed by atoms with Gasteiger partial charge in [0.25, 0.3) is 5.91 Å². The third-order valence-corrected chi connectivity index (χ3v) is 6.60. The summed E-state index contributed by atoms with van der Waals surface area (Å²) >= 11 is 1.41. The van der Waals surface area contributed by atoms with Gasteiger partial charge in [0.2, 0.25) is 5.91 Å². The Kier molecular flexibility index (Phi) is 7.60. The molecule has 0 atom stereocenters. The van der Waals surface area contributed by atoms with Gasteiger partial charge in [-0.15, -0.1) is 11.3 Å². The molecule has 1 N–H and O–H groups in total. The van der Waals surface area contributed by atoms with Crippen LogP contribution in [0.15, 0.2) is 6.33 Å². The lowest BCUT2D eigenvalue weighted by atomic mass is 10.1. The number of rotatable bonds is 10. The minimum Gasteiger partial charge on any atom is -0.383 e. The number of hydrogen-bond donors (Lipinski definition) is 1. The lowest BCUT2D eigenvalue weighted by Crippen LogP contribution is -2.39. The molecule has 2 aromatic heterocycles. The van der Waals surface area contributed by atoms with Crippen LogP contribution in [-0.4, -0.2) is 77.5 Å². The normalized spacial score (nSPS) is 14.2. The van der Waals surface area contributed by atoms with Gasteiger partial charge in [-0.1, -0.05) is 0 Å². The summed E-state index contributed by atoms with van der Waals surface area (Å²) in [4.78, 5) is 39.0. The van der Waals surface area contributed by atoms with Crippen LogP contribution in [0, 0.1) is 6.92 Å². The average Bonchev–Trinajstić information content (AvgIpc) is 3.28. The second-order valence-corrected chi connectivity index (χ2v) is 8.81. The second-order valence-electron chi connectivity index (χ2n) is 7.81. The zero-order valence-corrected chi connectivity index (χ0v) is 19.0. The third-order valence-electron chi connectivity index (χ3n) is 5.41. The average molecular weight is 434 g/mol. The van der Waals surface area contributed by atoms with Gasteiger partial charge in [0.05, 0.1) is 16.9 Å². The first-order valence-corrected chi connectivity index (χ1v) is 11.3. The van der Waals surface area contributed by atoms with E-state index < -0.39 is 0 Å². The van der Waals surface area contributed by atoms with Crippen molar-refractivity contribution in [2.75, 3.05) is 45.2 Å². The van der Waals surface area contributed by atoms with Crippen LogP contribution in [0.4, 0.5) is 5.82 Å². The van der Waals surface area contributed by atoms with Crippen LogP contribution < -0.4 is 5.32 Å². The molecular weight excluding hydrogens is 402 g/mol. The van der Waals surface area contributed by atoms with Crippen molar-refractivity contribution >= 4 is 39.2 Å².